The third-order valence-corrected chi connectivity index (χ3v) is 3.89. The highest BCUT2D eigenvalue weighted by molar-refractivity contribution is 6.28. The summed E-state index contributed by atoms with van der Waals surface area (Å²) in [4.78, 5) is 24.0. The summed E-state index contributed by atoms with van der Waals surface area (Å²) in [5, 5.41) is 3.74. The van der Waals surface area contributed by atoms with Gasteiger partial charge in [-0.2, -0.15) is 9.71 Å². The molecule has 0 fully saturated rings. The number of benzene rings is 1. The standard InChI is InChI=1S/C18H18ClFN4O3/c1-2-16(25)27-24-8-6-12-10-13(4-5-15(12)24)26-9-3-7-21-17-14(20)11-22-18(19)23-17/h4-6,8,10-11H,2-3,7,9H2,1H3,(H,21,22,23). The number of aromatic nitrogens is 3. The van der Waals surface area contributed by atoms with Crippen LogP contribution in [0.2, 0.25) is 5.28 Å². The van der Waals surface area contributed by atoms with Crippen molar-refractivity contribution in [1.29, 1.82) is 0 Å². The van der Waals surface area contributed by atoms with E-state index in [1.165, 1.54) is 4.73 Å². The van der Waals surface area contributed by atoms with Crippen LogP contribution in [0.4, 0.5) is 10.2 Å². The summed E-state index contributed by atoms with van der Waals surface area (Å²) in [5.74, 6) is -0.0986. The molecule has 2 aromatic heterocycles. The van der Waals surface area contributed by atoms with Crippen LogP contribution in [0.1, 0.15) is 19.8 Å². The normalized spacial score (nSPS) is 10.8. The van der Waals surface area contributed by atoms with Gasteiger partial charge in [0.2, 0.25) is 5.28 Å². The topological polar surface area (TPSA) is 78.3 Å². The van der Waals surface area contributed by atoms with Gasteiger partial charge in [0, 0.05) is 24.5 Å². The number of nitrogens with one attached hydrogen (secondary N) is 1. The van der Waals surface area contributed by atoms with Gasteiger partial charge in [-0.3, -0.25) is 0 Å². The first kappa shape index (κ1) is 18.9. The molecule has 3 rings (SSSR count). The molecule has 0 saturated carbocycles. The van der Waals surface area contributed by atoms with E-state index in [1.54, 1.807) is 19.2 Å². The third-order valence-electron chi connectivity index (χ3n) is 3.71. The quantitative estimate of drug-likeness (QED) is 0.467. The van der Waals surface area contributed by atoms with Crippen LogP contribution in [0.5, 0.6) is 5.75 Å². The minimum Gasteiger partial charge on any atom is -0.494 e. The van der Waals surface area contributed by atoms with Crippen molar-refractivity contribution in [3.8, 4) is 5.75 Å². The number of fused-ring (bicyclic) bond motifs is 1. The van der Waals surface area contributed by atoms with Crippen molar-refractivity contribution in [2.45, 2.75) is 19.8 Å². The van der Waals surface area contributed by atoms with Gasteiger partial charge < -0.3 is 14.9 Å². The van der Waals surface area contributed by atoms with Crippen LogP contribution in [-0.2, 0) is 4.79 Å². The van der Waals surface area contributed by atoms with Gasteiger partial charge >= 0.3 is 5.97 Å². The Kier molecular flexibility index (Phi) is 6.08. The number of hydrogen-bond acceptors (Lipinski definition) is 6. The van der Waals surface area contributed by atoms with Crippen LogP contribution in [0.15, 0.2) is 36.7 Å². The maximum Gasteiger partial charge on any atom is 0.332 e. The molecule has 0 saturated heterocycles. The fourth-order valence-electron chi connectivity index (χ4n) is 2.38. The third kappa shape index (κ3) is 4.85. The van der Waals surface area contributed by atoms with Gasteiger partial charge in [-0.25, -0.2) is 14.2 Å². The van der Waals surface area contributed by atoms with Crippen molar-refractivity contribution in [3.63, 3.8) is 0 Å². The van der Waals surface area contributed by atoms with Crippen LogP contribution in [-0.4, -0.2) is 33.8 Å². The molecule has 142 valence electrons. The van der Waals surface area contributed by atoms with Crippen LogP contribution in [0.25, 0.3) is 10.9 Å². The van der Waals surface area contributed by atoms with Crippen molar-refractivity contribution in [2.75, 3.05) is 18.5 Å². The second kappa shape index (κ2) is 8.68. The average molecular weight is 393 g/mol. The van der Waals surface area contributed by atoms with Gasteiger partial charge in [0.05, 0.1) is 18.3 Å². The summed E-state index contributed by atoms with van der Waals surface area (Å²) in [7, 11) is 0. The Morgan fingerprint density at radius 3 is 3.04 bits per heavy atom. The summed E-state index contributed by atoms with van der Waals surface area (Å²) >= 11 is 5.64. The van der Waals surface area contributed by atoms with Gasteiger partial charge in [0.1, 0.15) is 5.75 Å². The van der Waals surface area contributed by atoms with Crippen LogP contribution >= 0.6 is 11.6 Å². The minimum atomic E-state index is -0.556. The first-order valence-corrected chi connectivity index (χ1v) is 8.81. The Bertz CT molecular complexity index is 948. The average Bonchev–Trinajstić information content (AvgIpc) is 3.06. The maximum absolute atomic E-state index is 13.5. The Morgan fingerprint density at radius 2 is 2.22 bits per heavy atom. The van der Waals surface area contributed by atoms with Crippen molar-refractivity contribution >= 4 is 34.3 Å². The van der Waals surface area contributed by atoms with E-state index in [0.29, 0.717) is 31.7 Å². The SMILES string of the molecule is CCC(=O)On1ccc2cc(OCCCNc3nc(Cl)ncc3F)ccc21. The Balaban J connectivity index is 1.50. The molecule has 2 heterocycles. The lowest BCUT2D eigenvalue weighted by Gasteiger charge is -2.09. The number of carbonyl (C=O) groups is 1. The zero-order valence-corrected chi connectivity index (χ0v) is 15.4. The predicted molar refractivity (Wildman–Crippen MR) is 99.4 cm³/mol. The summed E-state index contributed by atoms with van der Waals surface area (Å²) < 4.78 is 20.6. The molecule has 9 heteroatoms. The van der Waals surface area contributed by atoms with Crippen LogP contribution in [0.3, 0.4) is 0 Å². The molecule has 1 N–H and O–H groups in total. The fraction of sp³-hybridized carbons (Fsp3) is 0.278. The number of nitrogens with zero attached hydrogens (tertiary/aromatic N) is 3. The predicted octanol–water partition coefficient (Wildman–Crippen LogP) is 3.47. The molecule has 0 atom stereocenters. The number of carbonyl (C=O) groups excluding carboxylic acids is 1. The molecular formula is C18H18ClFN4O3. The summed E-state index contributed by atoms with van der Waals surface area (Å²) in [6, 6.07) is 7.33. The molecule has 3 aromatic rings. The Morgan fingerprint density at radius 1 is 1.37 bits per heavy atom. The molecule has 7 nitrogen and oxygen atoms in total. The van der Waals surface area contributed by atoms with Crippen molar-refractivity contribution in [3.05, 3.63) is 47.8 Å². The molecule has 27 heavy (non-hydrogen) atoms. The molecule has 0 bridgehead atoms. The molecular weight excluding hydrogens is 375 g/mol. The lowest BCUT2D eigenvalue weighted by molar-refractivity contribution is -0.143. The molecule has 0 unspecified atom stereocenters. The lowest BCUT2D eigenvalue weighted by Crippen LogP contribution is -2.17. The van der Waals surface area contributed by atoms with E-state index in [4.69, 9.17) is 21.2 Å². The summed E-state index contributed by atoms with van der Waals surface area (Å²) in [6.45, 7) is 2.64. The van der Waals surface area contributed by atoms with Gasteiger partial charge in [0.25, 0.3) is 0 Å². The lowest BCUT2D eigenvalue weighted by atomic mass is 10.2. The summed E-state index contributed by atoms with van der Waals surface area (Å²) in [6.07, 6.45) is 3.65. The van der Waals surface area contributed by atoms with E-state index in [2.05, 4.69) is 15.3 Å². The van der Waals surface area contributed by atoms with Gasteiger partial charge in [-0.15, -0.1) is 0 Å². The zero-order valence-electron chi connectivity index (χ0n) is 14.6. The number of halogens is 2. The monoisotopic (exact) mass is 392 g/mol. The number of ether oxygens (including phenoxy) is 1. The molecule has 1 aromatic carbocycles. The zero-order chi connectivity index (χ0) is 19.2. The van der Waals surface area contributed by atoms with E-state index >= 15 is 0 Å². The highest BCUT2D eigenvalue weighted by Gasteiger charge is 2.07. The van der Waals surface area contributed by atoms with Gasteiger partial charge in [-0.1, -0.05) is 6.92 Å². The number of rotatable bonds is 8. The van der Waals surface area contributed by atoms with Crippen molar-refractivity contribution in [2.24, 2.45) is 0 Å². The molecule has 0 radical (unpaired) electrons. The summed E-state index contributed by atoms with van der Waals surface area (Å²) in [5.41, 5.74) is 0.780. The molecule has 0 spiro atoms. The largest absolute Gasteiger partial charge is 0.494 e. The highest BCUT2D eigenvalue weighted by Crippen LogP contribution is 2.22. The van der Waals surface area contributed by atoms with E-state index in [1.807, 2.05) is 18.2 Å². The number of anilines is 1. The first-order chi connectivity index (χ1) is 13.1. The van der Waals surface area contributed by atoms with E-state index in [0.717, 1.165) is 17.1 Å². The van der Waals surface area contributed by atoms with E-state index in [9.17, 15) is 9.18 Å². The minimum absolute atomic E-state index is 0.0139. The first-order valence-electron chi connectivity index (χ1n) is 8.44. The Hall–Kier alpha value is -2.87. The molecule has 0 aliphatic heterocycles. The van der Waals surface area contributed by atoms with Crippen molar-refractivity contribution in [1.82, 2.24) is 14.7 Å². The van der Waals surface area contributed by atoms with Gasteiger partial charge in [0.15, 0.2) is 11.6 Å². The molecule has 0 amide bonds. The fourth-order valence-corrected chi connectivity index (χ4v) is 2.51. The van der Waals surface area contributed by atoms with Crippen molar-refractivity contribution < 1.29 is 18.8 Å². The van der Waals surface area contributed by atoms with Gasteiger partial charge in [-0.05, 0) is 42.3 Å². The smallest absolute Gasteiger partial charge is 0.332 e. The van der Waals surface area contributed by atoms with E-state index < -0.39 is 5.82 Å². The van der Waals surface area contributed by atoms with Crippen LogP contribution in [0, 0.1) is 5.82 Å². The molecule has 0 aliphatic rings. The number of hydrogen-bond donors (Lipinski definition) is 1. The highest BCUT2D eigenvalue weighted by atomic mass is 35.5. The second-order valence-electron chi connectivity index (χ2n) is 5.64. The maximum atomic E-state index is 13.5. The second-order valence-corrected chi connectivity index (χ2v) is 5.98. The Labute approximate surface area is 160 Å². The van der Waals surface area contributed by atoms with E-state index in [-0.39, 0.29) is 17.1 Å². The van der Waals surface area contributed by atoms with Crippen LogP contribution < -0.4 is 14.9 Å². The molecule has 0 aliphatic carbocycles.